The highest BCUT2D eigenvalue weighted by Gasteiger charge is 2.44. The second-order valence-corrected chi connectivity index (χ2v) is 8.27. The smallest absolute Gasteiger partial charge is 0.278 e. The Bertz CT molecular complexity index is 803. The third kappa shape index (κ3) is 4.60. The summed E-state index contributed by atoms with van der Waals surface area (Å²) >= 11 is 0. The maximum absolute atomic E-state index is 13.6. The molecule has 1 aliphatic heterocycles. The van der Waals surface area contributed by atoms with Gasteiger partial charge in [0.25, 0.3) is 11.8 Å². The first kappa shape index (κ1) is 22.5. The Morgan fingerprint density at radius 2 is 1.57 bits per heavy atom. The normalized spacial score (nSPS) is 17.9. The summed E-state index contributed by atoms with van der Waals surface area (Å²) in [6, 6.07) is 5.98. The first-order chi connectivity index (χ1) is 14.5. The van der Waals surface area contributed by atoms with Crippen LogP contribution in [0.25, 0.3) is 5.57 Å². The van der Waals surface area contributed by atoms with Crippen molar-refractivity contribution in [3.63, 3.8) is 0 Å². The summed E-state index contributed by atoms with van der Waals surface area (Å²) in [6.45, 7) is 6.08. The number of carbonyl (C=O) groups excluding carboxylic acids is 2. The largest absolute Gasteiger partial charge is 0.383 e. The summed E-state index contributed by atoms with van der Waals surface area (Å²) in [5.74, 6) is -0.336. The SMILES string of the molecule is COCCN(CCOC)C1=C(c2ccc(C)c(C)c2)C(=O)N(C2CCCCC2)C1=O. The van der Waals surface area contributed by atoms with E-state index in [-0.39, 0.29) is 17.9 Å². The van der Waals surface area contributed by atoms with Crippen LogP contribution < -0.4 is 0 Å². The monoisotopic (exact) mass is 414 g/mol. The lowest BCUT2D eigenvalue weighted by Crippen LogP contribution is -2.44. The fourth-order valence-electron chi connectivity index (χ4n) is 4.39. The molecule has 0 saturated heterocycles. The third-order valence-electron chi connectivity index (χ3n) is 6.27. The minimum Gasteiger partial charge on any atom is -0.383 e. The number of ether oxygens (including phenoxy) is 2. The van der Waals surface area contributed by atoms with Crippen molar-refractivity contribution in [2.45, 2.75) is 52.0 Å². The van der Waals surface area contributed by atoms with E-state index < -0.39 is 0 Å². The molecule has 3 rings (SSSR count). The molecule has 1 aromatic carbocycles. The first-order valence-corrected chi connectivity index (χ1v) is 10.9. The van der Waals surface area contributed by atoms with Gasteiger partial charge in [-0.3, -0.25) is 14.5 Å². The first-order valence-electron chi connectivity index (χ1n) is 10.9. The number of imide groups is 1. The Labute approximate surface area is 179 Å². The van der Waals surface area contributed by atoms with E-state index >= 15 is 0 Å². The van der Waals surface area contributed by atoms with Gasteiger partial charge in [0.2, 0.25) is 0 Å². The summed E-state index contributed by atoms with van der Waals surface area (Å²) in [6.07, 6.45) is 5.08. The molecule has 0 unspecified atom stereocenters. The van der Waals surface area contributed by atoms with Crippen molar-refractivity contribution in [2.24, 2.45) is 0 Å². The fraction of sp³-hybridized carbons (Fsp3) is 0.583. The fourth-order valence-corrected chi connectivity index (χ4v) is 4.39. The lowest BCUT2D eigenvalue weighted by Gasteiger charge is -2.31. The Morgan fingerprint density at radius 3 is 2.13 bits per heavy atom. The molecule has 1 heterocycles. The molecule has 164 valence electrons. The van der Waals surface area contributed by atoms with Gasteiger partial charge < -0.3 is 14.4 Å². The Kier molecular flexibility index (Phi) is 7.67. The Hall–Kier alpha value is -2.18. The second-order valence-electron chi connectivity index (χ2n) is 8.27. The van der Waals surface area contributed by atoms with Gasteiger partial charge in [0.15, 0.2) is 0 Å². The van der Waals surface area contributed by atoms with Gasteiger partial charge in [-0.15, -0.1) is 0 Å². The van der Waals surface area contributed by atoms with Crippen LogP contribution in [0.5, 0.6) is 0 Å². The minimum atomic E-state index is -0.174. The molecule has 0 radical (unpaired) electrons. The van der Waals surface area contributed by atoms with Crippen LogP contribution in [-0.2, 0) is 19.1 Å². The summed E-state index contributed by atoms with van der Waals surface area (Å²) in [5.41, 5.74) is 4.09. The van der Waals surface area contributed by atoms with Gasteiger partial charge in [-0.2, -0.15) is 0 Å². The molecule has 1 fully saturated rings. The average Bonchev–Trinajstić information content (AvgIpc) is 3.01. The second kappa shape index (κ2) is 10.2. The van der Waals surface area contributed by atoms with E-state index in [9.17, 15) is 9.59 Å². The molecule has 6 heteroatoms. The number of hydrogen-bond acceptors (Lipinski definition) is 5. The van der Waals surface area contributed by atoms with Crippen LogP contribution in [0.2, 0.25) is 0 Å². The molecule has 0 N–H and O–H groups in total. The molecule has 0 aromatic heterocycles. The van der Waals surface area contributed by atoms with Gasteiger partial charge >= 0.3 is 0 Å². The van der Waals surface area contributed by atoms with Crippen molar-refractivity contribution in [1.29, 1.82) is 0 Å². The van der Waals surface area contributed by atoms with Crippen molar-refractivity contribution in [1.82, 2.24) is 9.80 Å². The van der Waals surface area contributed by atoms with Gasteiger partial charge in [0.05, 0.1) is 18.8 Å². The quantitative estimate of drug-likeness (QED) is 0.580. The van der Waals surface area contributed by atoms with Gasteiger partial charge in [-0.25, -0.2) is 0 Å². The number of nitrogens with zero attached hydrogens (tertiary/aromatic N) is 2. The zero-order valence-electron chi connectivity index (χ0n) is 18.7. The molecule has 0 bridgehead atoms. The van der Waals surface area contributed by atoms with E-state index in [0.29, 0.717) is 37.6 Å². The minimum absolute atomic E-state index is 0.00973. The van der Waals surface area contributed by atoms with Crippen molar-refractivity contribution >= 4 is 17.4 Å². The van der Waals surface area contributed by atoms with Crippen molar-refractivity contribution < 1.29 is 19.1 Å². The molecular formula is C24H34N2O4. The van der Waals surface area contributed by atoms with E-state index in [2.05, 4.69) is 0 Å². The van der Waals surface area contributed by atoms with Crippen molar-refractivity contribution in [2.75, 3.05) is 40.5 Å². The summed E-state index contributed by atoms with van der Waals surface area (Å²) in [7, 11) is 3.28. The molecule has 0 atom stereocenters. The van der Waals surface area contributed by atoms with E-state index in [1.54, 1.807) is 14.2 Å². The zero-order valence-corrected chi connectivity index (χ0v) is 18.7. The van der Waals surface area contributed by atoms with Gasteiger partial charge in [0, 0.05) is 33.4 Å². The molecule has 30 heavy (non-hydrogen) atoms. The predicted molar refractivity (Wildman–Crippen MR) is 117 cm³/mol. The number of rotatable bonds is 9. The summed E-state index contributed by atoms with van der Waals surface area (Å²) in [5, 5.41) is 0. The van der Waals surface area contributed by atoms with Crippen LogP contribution in [0.3, 0.4) is 0 Å². The van der Waals surface area contributed by atoms with Gasteiger partial charge in [0.1, 0.15) is 5.70 Å². The van der Waals surface area contributed by atoms with Crippen molar-refractivity contribution in [3.8, 4) is 0 Å². The molecule has 2 amide bonds. The number of aryl methyl sites for hydroxylation is 2. The maximum atomic E-state index is 13.6. The van der Waals surface area contributed by atoms with E-state index in [4.69, 9.17) is 9.47 Å². The number of methoxy groups -OCH3 is 2. The summed E-state index contributed by atoms with van der Waals surface area (Å²) < 4.78 is 10.6. The topological polar surface area (TPSA) is 59.1 Å². The molecule has 1 aromatic rings. The van der Waals surface area contributed by atoms with Crippen LogP contribution >= 0.6 is 0 Å². The van der Waals surface area contributed by atoms with Gasteiger partial charge in [-0.1, -0.05) is 37.5 Å². The van der Waals surface area contributed by atoms with Crippen LogP contribution in [0.4, 0.5) is 0 Å². The molecule has 1 saturated carbocycles. The number of amides is 2. The highest BCUT2D eigenvalue weighted by molar-refractivity contribution is 6.35. The zero-order chi connectivity index (χ0) is 21.7. The Balaban J connectivity index is 2.07. The average molecular weight is 415 g/mol. The lowest BCUT2D eigenvalue weighted by molar-refractivity contribution is -0.141. The van der Waals surface area contributed by atoms with E-state index in [1.165, 1.54) is 11.3 Å². The molecule has 6 nitrogen and oxygen atoms in total. The standard InChI is InChI=1S/C24H34N2O4/c1-17-10-11-19(16-18(17)2)21-22(25(12-14-29-3)13-15-30-4)24(28)26(23(21)27)20-8-6-5-7-9-20/h10-11,16,20H,5-9,12-15H2,1-4H3. The van der Waals surface area contributed by atoms with Crippen LogP contribution in [-0.4, -0.2) is 68.2 Å². The van der Waals surface area contributed by atoms with Crippen LogP contribution in [0.1, 0.15) is 48.8 Å². The van der Waals surface area contributed by atoms with Crippen LogP contribution in [0, 0.1) is 13.8 Å². The predicted octanol–water partition coefficient (Wildman–Crippen LogP) is 3.31. The lowest BCUT2D eigenvalue weighted by atomic mass is 9.94. The third-order valence-corrected chi connectivity index (χ3v) is 6.27. The van der Waals surface area contributed by atoms with Gasteiger partial charge in [-0.05, 0) is 43.4 Å². The molecular weight excluding hydrogens is 380 g/mol. The Morgan fingerprint density at radius 1 is 0.933 bits per heavy atom. The van der Waals surface area contributed by atoms with E-state index in [1.807, 2.05) is 36.9 Å². The highest BCUT2D eigenvalue weighted by atomic mass is 16.5. The number of carbonyl (C=O) groups is 2. The molecule has 2 aliphatic rings. The molecule has 0 spiro atoms. The number of hydrogen-bond donors (Lipinski definition) is 0. The van der Waals surface area contributed by atoms with Crippen molar-refractivity contribution in [3.05, 3.63) is 40.6 Å². The number of benzene rings is 1. The van der Waals surface area contributed by atoms with Crippen LogP contribution in [0.15, 0.2) is 23.9 Å². The molecule has 1 aliphatic carbocycles. The maximum Gasteiger partial charge on any atom is 0.278 e. The van der Waals surface area contributed by atoms with E-state index in [0.717, 1.165) is 42.4 Å². The highest BCUT2D eigenvalue weighted by Crippen LogP contribution is 2.36. The summed E-state index contributed by atoms with van der Waals surface area (Å²) in [4.78, 5) is 30.8.